The maximum atomic E-state index is 14.8. The Balaban J connectivity index is 1.67. The molecule has 1 saturated carbocycles. The lowest BCUT2D eigenvalue weighted by Crippen LogP contribution is -2.55. The molecule has 3 atom stereocenters. The minimum Gasteiger partial charge on any atom is -0.495 e. The van der Waals surface area contributed by atoms with Crippen LogP contribution in [0.25, 0.3) is 0 Å². The summed E-state index contributed by atoms with van der Waals surface area (Å²) in [5.41, 5.74) is 4.46. The molecular weight excluding hydrogens is 418 g/mol. The van der Waals surface area contributed by atoms with Crippen LogP contribution in [-0.4, -0.2) is 36.8 Å². The van der Waals surface area contributed by atoms with Gasteiger partial charge in [0, 0.05) is 23.2 Å². The van der Waals surface area contributed by atoms with Gasteiger partial charge >= 0.3 is 0 Å². The summed E-state index contributed by atoms with van der Waals surface area (Å²) in [6.07, 6.45) is 2.37. The first-order valence-electron chi connectivity index (χ1n) is 9.27. The van der Waals surface area contributed by atoms with Gasteiger partial charge in [-0.1, -0.05) is 11.6 Å². The summed E-state index contributed by atoms with van der Waals surface area (Å²) in [6, 6.07) is 5.16. The van der Waals surface area contributed by atoms with Crippen molar-refractivity contribution in [1.82, 2.24) is 4.98 Å². The fourth-order valence-electron chi connectivity index (χ4n) is 3.90. The lowest BCUT2D eigenvalue weighted by atomic mass is 9.65. The Hall–Kier alpha value is -2.94. The van der Waals surface area contributed by atoms with Gasteiger partial charge in [0.25, 0.3) is 11.9 Å². The van der Waals surface area contributed by atoms with E-state index in [1.807, 2.05) is 0 Å². The number of amides is 1. The van der Waals surface area contributed by atoms with Gasteiger partial charge in [0.1, 0.15) is 35.6 Å². The molecule has 1 amide bonds. The second kappa shape index (κ2) is 7.71. The van der Waals surface area contributed by atoms with Crippen LogP contribution in [0.1, 0.15) is 28.9 Å². The van der Waals surface area contributed by atoms with Gasteiger partial charge in [0.05, 0.1) is 18.3 Å². The number of halogens is 3. The molecule has 0 spiro atoms. The number of nitrogens with two attached hydrogens (primary N) is 1. The third-order valence-corrected chi connectivity index (χ3v) is 5.86. The number of hydrogen-bond acceptors (Lipinski definition) is 6. The summed E-state index contributed by atoms with van der Waals surface area (Å²) in [5.74, 6) is -1.19. The molecular formula is C20H19ClF2N4O3. The zero-order valence-corrected chi connectivity index (χ0v) is 16.7. The molecule has 30 heavy (non-hydrogen) atoms. The zero-order valence-electron chi connectivity index (χ0n) is 16.0. The van der Waals surface area contributed by atoms with Crippen LogP contribution in [0.5, 0.6) is 5.75 Å². The lowest BCUT2D eigenvalue weighted by Gasteiger charge is -2.49. The molecule has 10 heteroatoms. The van der Waals surface area contributed by atoms with E-state index in [2.05, 4.69) is 15.3 Å². The summed E-state index contributed by atoms with van der Waals surface area (Å²) in [5, 5.41) is 2.70. The Bertz CT molecular complexity index is 1040. The number of pyridine rings is 1. The molecule has 7 nitrogen and oxygen atoms in total. The van der Waals surface area contributed by atoms with Crippen molar-refractivity contribution in [1.29, 1.82) is 0 Å². The molecule has 4 rings (SSSR count). The Labute approximate surface area is 176 Å². The number of carbonyl (C=O) groups excluding carboxylic acids is 1. The minimum atomic E-state index is -1.49. The monoisotopic (exact) mass is 436 g/mol. The van der Waals surface area contributed by atoms with Crippen molar-refractivity contribution in [2.24, 2.45) is 16.6 Å². The lowest BCUT2D eigenvalue weighted by molar-refractivity contribution is -0.0433. The first kappa shape index (κ1) is 20.3. The minimum absolute atomic E-state index is 0.0116. The average molecular weight is 437 g/mol. The highest BCUT2D eigenvalue weighted by Crippen LogP contribution is 2.50. The molecule has 1 aliphatic carbocycles. The summed E-state index contributed by atoms with van der Waals surface area (Å²) in [6.45, 7) is -0.946. The van der Waals surface area contributed by atoms with Gasteiger partial charge in [-0.15, -0.1) is 0 Å². The fourth-order valence-corrected chi connectivity index (χ4v) is 4.15. The van der Waals surface area contributed by atoms with Crippen LogP contribution >= 0.6 is 11.6 Å². The van der Waals surface area contributed by atoms with Crippen LogP contribution < -0.4 is 15.8 Å². The van der Waals surface area contributed by atoms with Crippen LogP contribution in [0.3, 0.4) is 0 Å². The summed E-state index contributed by atoms with van der Waals surface area (Å²) >= 11 is 6.09. The second-order valence-corrected chi connectivity index (χ2v) is 7.61. The summed E-state index contributed by atoms with van der Waals surface area (Å²) in [7, 11) is 1.45. The van der Waals surface area contributed by atoms with Gasteiger partial charge in [-0.05, 0) is 31.0 Å². The average Bonchev–Trinajstić information content (AvgIpc) is 2.71. The normalized spacial score (nSPS) is 24.7. The van der Waals surface area contributed by atoms with E-state index in [9.17, 15) is 13.6 Å². The van der Waals surface area contributed by atoms with E-state index in [-0.39, 0.29) is 40.0 Å². The van der Waals surface area contributed by atoms with E-state index in [1.54, 1.807) is 0 Å². The molecule has 1 fully saturated rings. The van der Waals surface area contributed by atoms with Crippen LogP contribution in [0.2, 0.25) is 5.02 Å². The molecule has 1 aliphatic heterocycles. The maximum Gasteiger partial charge on any atom is 0.283 e. The predicted molar refractivity (Wildman–Crippen MR) is 107 cm³/mol. The number of fused-ring (bicyclic) bond motifs is 1. The number of ether oxygens (including phenoxy) is 2. The van der Waals surface area contributed by atoms with Gasteiger partial charge in [0.15, 0.2) is 0 Å². The van der Waals surface area contributed by atoms with Gasteiger partial charge in [-0.3, -0.25) is 4.79 Å². The standard InChI is InChI=1S/C20H19ClF2N4O3/c1-29-11-7-14(21)17(25-8-11)18(28)26-10-2-4-15(23)13(6-10)20(9-22)12-3-5-16(12)30-19(24)27-20/h2,4,6-8,12,16H,3,5,9H2,1H3,(H2,24,27)(H,26,28). The van der Waals surface area contributed by atoms with Crippen molar-refractivity contribution in [2.45, 2.75) is 24.5 Å². The number of aromatic nitrogens is 1. The van der Waals surface area contributed by atoms with E-state index < -0.39 is 23.9 Å². The van der Waals surface area contributed by atoms with Gasteiger partial charge in [-0.25, -0.2) is 18.8 Å². The number of aliphatic imine (C=N–C) groups is 1. The highest BCUT2D eigenvalue weighted by molar-refractivity contribution is 6.34. The highest BCUT2D eigenvalue weighted by Gasteiger charge is 2.54. The number of hydrogen-bond donors (Lipinski definition) is 2. The van der Waals surface area contributed by atoms with Crippen molar-refractivity contribution in [3.8, 4) is 5.75 Å². The number of nitrogens with one attached hydrogen (secondary N) is 1. The van der Waals surface area contributed by atoms with E-state index in [1.165, 1.54) is 31.5 Å². The van der Waals surface area contributed by atoms with Crippen molar-refractivity contribution < 1.29 is 23.0 Å². The van der Waals surface area contributed by atoms with E-state index >= 15 is 0 Å². The van der Waals surface area contributed by atoms with Crippen molar-refractivity contribution in [2.75, 3.05) is 19.1 Å². The number of carbonyl (C=O) groups is 1. The van der Waals surface area contributed by atoms with E-state index in [0.717, 1.165) is 6.07 Å². The fraction of sp³-hybridized carbons (Fsp3) is 0.350. The van der Waals surface area contributed by atoms with E-state index in [4.69, 9.17) is 26.8 Å². The first-order chi connectivity index (χ1) is 14.4. The summed E-state index contributed by atoms with van der Waals surface area (Å²) in [4.78, 5) is 20.7. The number of rotatable bonds is 5. The number of methoxy groups -OCH3 is 1. The van der Waals surface area contributed by atoms with Crippen LogP contribution in [0.15, 0.2) is 35.5 Å². The SMILES string of the molecule is COc1cnc(C(=O)Nc2ccc(F)c(C3(CF)N=C(N)OC4CCC43)c2)c(Cl)c1. The molecule has 2 aromatic rings. The largest absolute Gasteiger partial charge is 0.495 e. The maximum absolute atomic E-state index is 14.8. The smallest absolute Gasteiger partial charge is 0.283 e. The van der Waals surface area contributed by atoms with Gasteiger partial charge < -0.3 is 20.5 Å². The number of anilines is 1. The number of benzene rings is 1. The van der Waals surface area contributed by atoms with Gasteiger partial charge in [0.2, 0.25) is 0 Å². The highest BCUT2D eigenvalue weighted by atomic mass is 35.5. The molecule has 3 N–H and O–H groups in total. The molecule has 0 saturated heterocycles. The number of amidine groups is 1. The quantitative estimate of drug-likeness (QED) is 0.748. The Kier molecular flexibility index (Phi) is 5.23. The van der Waals surface area contributed by atoms with Crippen molar-refractivity contribution >= 4 is 29.2 Å². The topological polar surface area (TPSA) is 98.8 Å². The van der Waals surface area contributed by atoms with Crippen LogP contribution in [0, 0.1) is 11.7 Å². The molecule has 3 unspecified atom stereocenters. The molecule has 0 bridgehead atoms. The third kappa shape index (κ3) is 3.32. The van der Waals surface area contributed by atoms with Gasteiger partial charge in [-0.2, -0.15) is 0 Å². The molecule has 2 heterocycles. The Morgan fingerprint density at radius 1 is 1.43 bits per heavy atom. The number of alkyl halides is 1. The second-order valence-electron chi connectivity index (χ2n) is 7.20. The van der Waals surface area contributed by atoms with Crippen LogP contribution in [0.4, 0.5) is 14.5 Å². The first-order valence-corrected chi connectivity index (χ1v) is 9.64. The predicted octanol–water partition coefficient (Wildman–Crippen LogP) is 3.42. The third-order valence-electron chi connectivity index (χ3n) is 5.57. The Morgan fingerprint density at radius 3 is 2.87 bits per heavy atom. The Morgan fingerprint density at radius 2 is 2.23 bits per heavy atom. The van der Waals surface area contributed by atoms with Crippen LogP contribution in [-0.2, 0) is 10.3 Å². The molecule has 0 radical (unpaired) electrons. The molecule has 2 aliphatic rings. The molecule has 158 valence electrons. The van der Waals surface area contributed by atoms with Crippen molar-refractivity contribution in [3.05, 3.63) is 52.6 Å². The van der Waals surface area contributed by atoms with E-state index in [0.29, 0.717) is 18.6 Å². The number of nitrogens with zero attached hydrogens (tertiary/aromatic N) is 2. The molecule has 1 aromatic heterocycles. The molecule has 1 aromatic carbocycles. The summed E-state index contributed by atoms with van der Waals surface area (Å²) < 4.78 is 39.5. The zero-order chi connectivity index (χ0) is 21.5. The van der Waals surface area contributed by atoms with Crippen molar-refractivity contribution in [3.63, 3.8) is 0 Å².